The van der Waals surface area contributed by atoms with E-state index in [1.165, 1.54) is 53.8 Å². The highest BCUT2D eigenvalue weighted by Crippen LogP contribution is 2.43. The molecule has 2 aliphatic carbocycles. The first-order chi connectivity index (χ1) is 9.83. The van der Waals surface area contributed by atoms with E-state index in [-0.39, 0.29) is 6.04 Å². The third-order valence-corrected chi connectivity index (χ3v) is 5.97. The largest absolute Gasteiger partial charge is 0.323 e. The molecule has 1 aromatic carbocycles. The van der Waals surface area contributed by atoms with Crippen molar-refractivity contribution in [3.8, 4) is 10.4 Å². The van der Waals surface area contributed by atoms with Crippen molar-refractivity contribution in [1.82, 2.24) is 0 Å². The number of thiophene rings is 1. The van der Waals surface area contributed by atoms with Crippen LogP contribution in [0.1, 0.15) is 47.7 Å². The van der Waals surface area contributed by atoms with Gasteiger partial charge in [0.05, 0.1) is 0 Å². The lowest BCUT2D eigenvalue weighted by Crippen LogP contribution is -2.10. The predicted octanol–water partition coefficient (Wildman–Crippen LogP) is 4.70. The summed E-state index contributed by atoms with van der Waals surface area (Å²) in [6.45, 7) is 0. The third-order valence-electron chi connectivity index (χ3n) is 4.75. The van der Waals surface area contributed by atoms with E-state index in [1.54, 1.807) is 11.1 Å². The topological polar surface area (TPSA) is 26.0 Å². The minimum Gasteiger partial charge on any atom is -0.323 e. The van der Waals surface area contributed by atoms with Gasteiger partial charge in [-0.05, 0) is 73.3 Å². The molecule has 2 heteroatoms. The van der Waals surface area contributed by atoms with Gasteiger partial charge in [-0.1, -0.05) is 18.2 Å². The predicted molar refractivity (Wildman–Crippen MR) is 86.0 cm³/mol. The van der Waals surface area contributed by atoms with E-state index in [1.807, 2.05) is 11.3 Å². The van der Waals surface area contributed by atoms with Crippen LogP contribution in [0.4, 0.5) is 0 Å². The van der Waals surface area contributed by atoms with Crippen molar-refractivity contribution >= 4 is 11.3 Å². The Hall–Kier alpha value is -1.12. The fraction of sp³-hybridized carbons (Fsp3) is 0.444. The van der Waals surface area contributed by atoms with E-state index in [9.17, 15) is 0 Å². The van der Waals surface area contributed by atoms with E-state index in [2.05, 4.69) is 30.3 Å². The van der Waals surface area contributed by atoms with Crippen molar-refractivity contribution in [2.24, 2.45) is 11.7 Å². The zero-order valence-electron chi connectivity index (χ0n) is 11.8. The van der Waals surface area contributed by atoms with E-state index >= 15 is 0 Å². The van der Waals surface area contributed by atoms with E-state index in [0.29, 0.717) is 0 Å². The van der Waals surface area contributed by atoms with Crippen LogP contribution in [-0.2, 0) is 12.8 Å². The van der Waals surface area contributed by atoms with Crippen LogP contribution in [0.25, 0.3) is 10.4 Å². The summed E-state index contributed by atoms with van der Waals surface area (Å²) in [7, 11) is 0. The number of aryl methyl sites for hydroxylation is 1. The number of hydrogen-bond donors (Lipinski definition) is 1. The maximum Gasteiger partial charge on any atom is 0.0418 e. The monoisotopic (exact) mass is 283 g/mol. The van der Waals surface area contributed by atoms with Crippen molar-refractivity contribution in [3.05, 3.63) is 46.3 Å². The van der Waals surface area contributed by atoms with Crippen LogP contribution in [0.5, 0.6) is 0 Å². The summed E-state index contributed by atoms with van der Waals surface area (Å²) in [6, 6.07) is 11.6. The lowest BCUT2D eigenvalue weighted by molar-refractivity contribution is 0.645. The molecule has 0 bridgehead atoms. The van der Waals surface area contributed by atoms with Crippen molar-refractivity contribution in [2.45, 2.75) is 44.6 Å². The van der Waals surface area contributed by atoms with Crippen LogP contribution in [0.2, 0.25) is 0 Å². The van der Waals surface area contributed by atoms with E-state index in [0.717, 1.165) is 5.92 Å². The average Bonchev–Trinajstić information content (AvgIpc) is 3.23. The summed E-state index contributed by atoms with van der Waals surface area (Å²) in [4.78, 5) is 2.78. The summed E-state index contributed by atoms with van der Waals surface area (Å²) < 4.78 is 0. The Bertz CT molecular complexity index is 624. The van der Waals surface area contributed by atoms with Crippen LogP contribution in [0.3, 0.4) is 0 Å². The van der Waals surface area contributed by atoms with Gasteiger partial charge in [-0.25, -0.2) is 0 Å². The maximum atomic E-state index is 6.34. The minimum absolute atomic E-state index is 0.272. The molecule has 0 amide bonds. The van der Waals surface area contributed by atoms with Crippen LogP contribution in [0.15, 0.2) is 30.3 Å². The Kier molecular flexibility index (Phi) is 3.16. The molecule has 0 spiro atoms. The van der Waals surface area contributed by atoms with Crippen molar-refractivity contribution in [3.63, 3.8) is 0 Å². The third kappa shape index (κ3) is 2.21. The molecule has 4 rings (SSSR count). The zero-order chi connectivity index (χ0) is 13.5. The minimum atomic E-state index is 0.272. The Morgan fingerprint density at radius 1 is 1.05 bits per heavy atom. The van der Waals surface area contributed by atoms with E-state index in [4.69, 9.17) is 5.73 Å². The molecule has 1 unspecified atom stereocenters. The normalized spacial score (nSPS) is 19.6. The van der Waals surface area contributed by atoms with Gasteiger partial charge in [0.2, 0.25) is 0 Å². The van der Waals surface area contributed by atoms with Crippen molar-refractivity contribution < 1.29 is 0 Å². The van der Waals surface area contributed by atoms with Gasteiger partial charge in [0, 0.05) is 15.8 Å². The smallest absolute Gasteiger partial charge is 0.0418 e. The Balaban J connectivity index is 1.70. The average molecular weight is 283 g/mol. The highest BCUT2D eigenvalue weighted by Gasteiger charge is 2.30. The molecule has 0 radical (unpaired) electrons. The highest BCUT2D eigenvalue weighted by molar-refractivity contribution is 7.15. The summed E-state index contributed by atoms with van der Waals surface area (Å²) in [5.74, 6) is 0.742. The molecule has 20 heavy (non-hydrogen) atoms. The van der Waals surface area contributed by atoms with Crippen LogP contribution < -0.4 is 5.73 Å². The molecule has 0 aliphatic heterocycles. The first-order valence-electron chi connectivity index (χ1n) is 7.79. The SMILES string of the molecule is NC(c1ccc(-c2cccc3c2CCCC3)s1)C1CC1. The van der Waals surface area contributed by atoms with Gasteiger partial charge in [-0.15, -0.1) is 11.3 Å². The maximum absolute atomic E-state index is 6.34. The Morgan fingerprint density at radius 2 is 1.90 bits per heavy atom. The molecule has 1 saturated carbocycles. The van der Waals surface area contributed by atoms with Crippen molar-refractivity contribution in [1.29, 1.82) is 0 Å². The standard InChI is InChI=1S/C18H21NS/c19-18(13-8-9-13)17-11-10-16(20-17)15-7-3-5-12-4-1-2-6-14(12)15/h3,5,7,10-11,13,18H,1-2,4,6,8-9,19H2. The van der Waals surface area contributed by atoms with Crippen LogP contribution >= 0.6 is 11.3 Å². The Labute approximate surface area is 124 Å². The molecule has 1 atom stereocenters. The highest BCUT2D eigenvalue weighted by atomic mass is 32.1. The first kappa shape index (κ1) is 12.6. The fourth-order valence-electron chi connectivity index (χ4n) is 3.38. The van der Waals surface area contributed by atoms with Gasteiger partial charge < -0.3 is 5.73 Å². The number of hydrogen-bond acceptors (Lipinski definition) is 2. The molecular formula is C18H21NS. The quantitative estimate of drug-likeness (QED) is 0.868. The molecule has 2 aliphatic rings. The van der Waals surface area contributed by atoms with Gasteiger partial charge in [-0.3, -0.25) is 0 Å². The lowest BCUT2D eigenvalue weighted by atomic mass is 9.88. The van der Waals surface area contributed by atoms with Gasteiger partial charge in [0.15, 0.2) is 0 Å². The van der Waals surface area contributed by atoms with Crippen LogP contribution in [-0.4, -0.2) is 0 Å². The molecular weight excluding hydrogens is 262 g/mol. The van der Waals surface area contributed by atoms with Crippen LogP contribution in [0, 0.1) is 5.92 Å². The second-order valence-corrected chi connectivity index (χ2v) is 7.33. The fourth-order valence-corrected chi connectivity index (χ4v) is 4.53. The second-order valence-electron chi connectivity index (χ2n) is 6.22. The molecule has 1 nitrogen and oxygen atoms in total. The zero-order valence-corrected chi connectivity index (χ0v) is 12.6. The summed E-state index contributed by atoms with van der Waals surface area (Å²) in [5, 5.41) is 0. The molecule has 0 saturated heterocycles. The number of fused-ring (bicyclic) bond motifs is 1. The number of nitrogens with two attached hydrogens (primary N) is 1. The molecule has 2 aromatic rings. The van der Waals surface area contributed by atoms with Gasteiger partial charge >= 0.3 is 0 Å². The lowest BCUT2D eigenvalue weighted by Gasteiger charge is -2.18. The van der Waals surface area contributed by atoms with Gasteiger partial charge in [-0.2, -0.15) is 0 Å². The number of rotatable bonds is 3. The first-order valence-corrected chi connectivity index (χ1v) is 8.61. The number of benzene rings is 1. The molecule has 1 fully saturated rings. The molecule has 104 valence electrons. The second kappa shape index (κ2) is 5.01. The Morgan fingerprint density at radius 3 is 2.75 bits per heavy atom. The summed E-state index contributed by atoms with van der Waals surface area (Å²) in [5.41, 5.74) is 11.0. The van der Waals surface area contributed by atoms with E-state index < -0.39 is 0 Å². The molecule has 2 N–H and O–H groups in total. The van der Waals surface area contributed by atoms with Gasteiger partial charge in [0.25, 0.3) is 0 Å². The van der Waals surface area contributed by atoms with Crippen molar-refractivity contribution in [2.75, 3.05) is 0 Å². The molecule has 1 heterocycles. The molecule has 1 aromatic heterocycles. The summed E-state index contributed by atoms with van der Waals surface area (Å²) in [6.07, 6.45) is 7.81. The summed E-state index contributed by atoms with van der Waals surface area (Å²) >= 11 is 1.91. The van der Waals surface area contributed by atoms with Gasteiger partial charge in [0.1, 0.15) is 0 Å².